The van der Waals surface area contributed by atoms with Gasteiger partial charge in [0.25, 0.3) is 5.91 Å². The first-order valence-corrected chi connectivity index (χ1v) is 9.75. The zero-order valence-electron chi connectivity index (χ0n) is 17.3. The number of hydrogen-bond donors (Lipinski definition) is 2. The Bertz CT molecular complexity index is 958. The van der Waals surface area contributed by atoms with Crippen LogP contribution in [0.2, 0.25) is 0 Å². The Morgan fingerprint density at radius 2 is 1.83 bits per heavy atom. The number of amides is 2. The van der Waals surface area contributed by atoms with Crippen molar-refractivity contribution in [1.29, 1.82) is 0 Å². The third-order valence-electron chi connectivity index (χ3n) is 4.47. The van der Waals surface area contributed by atoms with Crippen LogP contribution in [-0.4, -0.2) is 29.7 Å². The molecule has 2 aromatic rings. The average Bonchev–Trinajstić information content (AvgIpc) is 3.44. The van der Waals surface area contributed by atoms with Crippen molar-refractivity contribution in [2.24, 2.45) is 0 Å². The van der Waals surface area contributed by atoms with Gasteiger partial charge in [0.2, 0.25) is 16.9 Å². The first-order valence-electron chi connectivity index (χ1n) is 9.75. The fourth-order valence-electron chi connectivity index (χ4n) is 2.78. The summed E-state index contributed by atoms with van der Waals surface area (Å²) in [5, 5.41) is 5.52. The van der Waals surface area contributed by atoms with Crippen LogP contribution < -0.4 is 20.8 Å². The molecule has 1 saturated carbocycles. The van der Waals surface area contributed by atoms with Gasteiger partial charge in [-0.15, -0.1) is 0 Å². The lowest BCUT2D eigenvalue weighted by atomic mass is 10.2. The summed E-state index contributed by atoms with van der Waals surface area (Å²) in [6.07, 6.45) is 1.98. The molecule has 8 heteroatoms. The lowest BCUT2D eigenvalue weighted by molar-refractivity contribution is 0.0517. The molecule has 0 unspecified atom stereocenters. The minimum atomic E-state index is -0.609. The highest BCUT2D eigenvalue weighted by molar-refractivity contribution is 5.94. The Morgan fingerprint density at radius 1 is 1.13 bits per heavy atom. The maximum atomic E-state index is 12.8. The monoisotopic (exact) mass is 414 g/mol. The van der Waals surface area contributed by atoms with Crippen molar-refractivity contribution in [2.45, 2.75) is 51.4 Å². The minimum absolute atomic E-state index is 0.126. The van der Waals surface area contributed by atoms with Gasteiger partial charge in [0, 0.05) is 12.6 Å². The van der Waals surface area contributed by atoms with E-state index in [9.17, 15) is 14.4 Å². The summed E-state index contributed by atoms with van der Waals surface area (Å²) < 4.78 is 16.1. The highest BCUT2D eigenvalue weighted by Crippen LogP contribution is 2.35. The van der Waals surface area contributed by atoms with E-state index in [0.717, 1.165) is 11.8 Å². The molecule has 0 atom stereocenters. The second-order valence-electron chi connectivity index (χ2n) is 8.31. The Labute approximate surface area is 174 Å². The number of carbonyl (C=O) groups excluding carboxylic acids is 2. The highest BCUT2D eigenvalue weighted by atomic mass is 16.6. The SMILES string of the molecule is CC(C)(C)OC(=O)NCC1(NC(=O)c2occc(=O)c2OCc2ccccc2)CC1. The molecule has 2 amide bonds. The van der Waals surface area contributed by atoms with Crippen molar-refractivity contribution >= 4 is 12.0 Å². The highest BCUT2D eigenvalue weighted by Gasteiger charge is 2.45. The van der Waals surface area contributed by atoms with E-state index in [1.165, 1.54) is 6.07 Å². The van der Waals surface area contributed by atoms with Gasteiger partial charge in [0.05, 0.1) is 11.8 Å². The van der Waals surface area contributed by atoms with Crippen LogP contribution in [0.3, 0.4) is 0 Å². The molecule has 0 radical (unpaired) electrons. The van der Waals surface area contributed by atoms with Gasteiger partial charge in [-0.2, -0.15) is 0 Å². The predicted octanol–water partition coefficient (Wildman–Crippen LogP) is 3.01. The van der Waals surface area contributed by atoms with E-state index >= 15 is 0 Å². The van der Waals surface area contributed by atoms with E-state index in [4.69, 9.17) is 13.9 Å². The number of hydrogen-bond acceptors (Lipinski definition) is 6. The molecular formula is C22H26N2O6. The predicted molar refractivity (Wildman–Crippen MR) is 109 cm³/mol. The summed E-state index contributed by atoms with van der Waals surface area (Å²) >= 11 is 0. The zero-order chi connectivity index (χ0) is 21.8. The summed E-state index contributed by atoms with van der Waals surface area (Å²) in [6, 6.07) is 10.5. The van der Waals surface area contributed by atoms with E-state index < -0.39 is 28.6 Å². The molecule has 1 fully saturated rings. The van der Waals surface area contributed by atoms with E-state index in [0.29, 0.717) is 12.8 Å². The van der Waals surface area contributed by atoms with Crippen LogP contribution in [0.4, 0.5) is 4.79 Å². The van der Waals surface area contributed by atoms with Crippen molar-refractivity contribution in [3.05, 3.63) is 64.2 Å². The number of rotatable bonds is 7. The second-order valence-corrected chi connectivity index (χ2v) is 8.31. The van der Waals surface area contributed by atoms with Crippen molar-refractivity contribution < 1.29 is 23.5 Å². The van der Waals surface area contributed by atoms with E-state index in [2.05, 4.69) is 10.6 Å². The molecule has 0 spiro atoms. The van der Waals surface area contributed by atoms with E-state index in [1.54, 1.807) is 20.8 Å². The Kier molecular flexibility index (Phi) is 6.14. The van der Waals surface area contributed by atoms with Crippen molar-refractivity contribution in [2.75, 3.05) is 6.54 Å². The van der Waals surface area contributed by atoms with Crippen LogP contribution in [0.15, 0.2) is 51.9 Å². The topological polar surface area (TPSA) is 107 Å². The summed E-state index contributed by atoms with van der Waals surface area (Å²) in [7, 11) is 0. The first kappa shape index (κ1) is 21.4. The van der Waals surface area contributed by atoms with Crippen LogP contribution in [0.1, 0.15) is 49.7 Å². The minimum Gasteiger partial charge on any atom is -0.481 e. The number of nitrogens with one attached hydrogen (secondary N) is 2. The molecule has 160 valence electrons. The van der Waals surface area contributed by atoms with Crippen LogP contribution in [-0.2, 0) is 11.3 Å². The van der Waals surface area contributed by atoms with Gasteiger partial charge in [-0.3, -0.25) is 9.59 Å². The molecule has 3 rings (SSSR count). The van der Waals surface area contributed by atoms with Gasteiger partial charge in [-0.25, -0.2) is 4.79 Å². The van der Waals surface area contributed by atoms with Crippen LogP contribution in [0.5, 0.6) is 5.75 Å². The lowest BCUT2D eigenvalue weighted by Gasteiger charge is -2.22. The second kappa shape index (κ2) is 8.61. The normalized spacial score (nSPS) is 14.5. The van der Waals surface area contributed by atoms with Gasteiger partial charge in [-0.1, -0.05) is 30.3 Å². The molecule has 1 aromatic carbocycles. The molecule has 8 nitrogen and oxygen atoms in total. The van der Waals surface area contributed by atoms with E-state index in [-0.39, 0.29) is 24.7 Å². The molecule has 0 saturated heterocycles. The quantitative estimate of drug-likeness (QED) is 0.721. The van der Waals surface area contributed by atoms with Crippen LogP contribution in [0.25, 0.3) is 0 Å². The summed E-state index contributed by atoms with van der Waals surface area (Å²) in [6.45, 7) is 5.66. The maximum Gasteiger partial charge on any atom is 0.407 e. The molecular weight excluding hydrogens is 388 g/mol. The third-order valence-corrected chi connectivity index (χ3v) is 4.47. The first-order chi connectivity index (χ1) is 14.2. The molecule has 0 aliphatic heterocycles. The summed E-state index contributed by atoms with van der Waals surface area (Å²) in [4.78, 5) is 36.9. The number of benzene rings is 1. The molecule has 1 aliphatic rings. The van der Waals surface area contributed by atoms with Crippen LogP contribution in [0, 0.1) is 0 Å². The summed E-state index contributed by atoms with van der Waals surface area (Å²) in [5.74, 6) is -0.907. The van der Waals surface area contributed by atoms with Gasteiger partial charge >= 0.3 is 6.09 Å². The zero-order valence-corrected chi connectivity index (χ0v) is 17.3. The molecule has 2 N–H and O–H groups in total. The average molecular weight is 414 g/mol. The number of alkyl carbamates (subject to hydrolysis) is 1. The van der Waals surface area contributed by atoms with Crippen LogP contribution >= 0.6 is 0 Å². The van der Waals surface area contributed by atoms with Crippen molar-refractivity contribution in [3.8, 4) is 5.75 Å². The molecule has 30 heavy (non-hydrogen) atoms. The Hall–Kier alpha value is -3.29. The lowest BCUT2D eigenvalue weighted by Crippen LogP contribution is -2.47. The molecule has 1 heterocycles. The Morgan fingerprint density at radius 3 is 2.47 bits per heavy atom. The van der Waals surface area contributed by atoms with Gasteiger partial charge in [-0.05, 0) is 39.2 Å². The van der Waals surface area contributed by atoms with E-state index in [1.807, 2.05) is 30.3 Å². The standard InChI is InChI=1S/C22H26N2O6/c1-21(2,3)30-20(27)23-14-22(10-11-22)24-19(26)18-17(16(25)9-12-28-18)29-13-15-7-5-4-6-8-15/h4-9,12H,10-11,13-14H2,1-3H3,(H,23,27)(H,24,26). The largest absolute Gasteiger partial charge is 0.481 e. The van der Waals surface area contributed by atoms with Gasteiger partial charge in [0.15, 0.2) is 0 Å². The fourth-order valence-corrected chi connectivity index (χ4v) is 2.78. The maximum absolute atomic E-state index is 12.8. The van der Waals surface area contributed by atoms with Crippen molar-refractivity contribution in [3.63, 3.8) is 0 Å². The molecule has 0 bridgehead atoms. The molecule has 1 aromatic heterocycles. The smallest absolute Gasteiger partial charge is 0.407 e. The van der Waals surface area contributed by atoms with Gasteiger partial charge < -0.3 is 24.5 Å². The Balaban J connectivity index is 1.64. The van der Waals surface area contributed by atoms with Gasteiger partial charge in [0.1, 0.15) is 12.2 Å². The molecule has 1 aliphatic carbocycles. The van der Waals surface area contributed by atoms with Crippen molar-refractivity contribution in [1.82, 2.24) is 10.6 Å². The number of carbonyl (C=O) groups is 2. The summed E-state index contributed by atoms with van der Waals surface area (Å²) in [5.41, 5.74) is -0.798. The fraction of sp³-hybridized carbons (Fsp3) is 0.409. The number of ether oxygens (including phenoxy) is 2. The third kappa shape index (κ3) is 5.85.